The summed E-state index contributed by atoms with van der Waals surface area (Å²) in [6, 6.07) is 10.9. The van der Waals surface area contributed by atoms with E-state index in [9.17, 15) is 14.4 Å². The van der Waals surface area contributed by atoms with Gasteiger partial charge in [0.1, 0.15) is 11.6 Å². The topological polar surface area (TPSA) is 125 Å². The zero-order chi connectivity index (χ0) is 27.0. The number of nitrogens with one attached hydrogen (secondary N) is 1. The van der Waals surface area contributed by atoms with Crippen LogP contribution in [0.5, 0.6) is 5.75 Å². The number of pyridine rings is 2. The lowest BCUT2D eigenvalue weighted by molar-refractivity contribution is -0.139. The minimum Gasteiger partial charge on any atom is -0.493 e. The number of nitrogens with zero attached hydrogens (tertiary/aromatic N) is 4. The van der Waals surface area contributed by atoms with Gasteiger partial charge in [0, 0.05) is 38.1 Å². The number of aliphatic carboxylic acids is 1. The van der Waals surface area contributed by atoms with Gasteiger partial charge in [-0.1, -0.05) is 0 Å². The molecule has 2 aromatic heterocycles. The molecule has 0 radical (unpaired) electrons. The zero-order valence-corrected chi connectivity index (χ0v) is 21.5. The van der Waals surface area contributed by atoms with E-state index in [1.54, 1.807) is 42.5 Å². The number of carbonyl (C=O) groups excluding carboxylic acids is 2. The zero-order valence-electron chi connectivity index (χ0n) is 21.5. The Kier molecular flexibility index (Phi) is 6.71. The maximum atomic E-state index is 13.3. The predicted octanol–water partition coefficient (Wildman–Crippen LogP) is 3.81. The normalized spacial score (nSPS) is 17.8. The molecule has 1 fully saturated rings. The Hall–Kier alpha value is -4.47. The van der Waals surface area contributed by atoms with E-state index in [2.05, 4.69) is 15.3 Å². The van der Waals surface area contributed by atoms with Crippen LogP contribution in [0.25, 0.3) is 0 Å². The van der Waals surface area contributed by atoms with Crippen molar-refractivity contribution in [2.75, 3.05) is 35.3 Å². The average molecular weight is 516 g/mol. The van der Waals surface area contributed by atoms with E-state index in [-0.39, 0.29) is 11.8 Å². The van der Waals surface area contributed by atoms with Gasteiger partial charge in [-0.05, 0) is 67.8 Å². The van der Waals surface area contributed by atoms with Crippen LogP contribution < -0.4 is 19.9 Å². The summed E-state index contributed by atoms with van der Waals surface area (Å²) in [7, 11) is 1.74. The van der Waals surface area contributed by atoms with Crippen molar-refractivity contribution in [1.29, 1.82) is 0 Å². The van der Waals surface area contributed by atoms with Crippen molar-refractivity contribution in [3.05, 3.63) is 65.5 Å². The van der Waals surface area contributed by atoms with Crippen LogP contribution >= 0.6 is 0 Å². The van der Waals surface area contributed by atoms with Gasteiger partial charge in [-0.2, -0.15) is 0 Å². The van der Waals surface area contributed by atoms with Crippen LogP contribution in [-0.4, -0.2) is 53.1 Å². The molecule has 3 aromatic rings. The molecule has 38 heavy (non-hydrogen) atoms. The summed E-state index contributed by atoms with van der Waals surface area (Å²) >= 11 is 0. The van der Waals surface area contributed by atoms with E-state index in [0.717, 1.165) is 16.8 Å². The summed E-state index contributed by atoms with van der Waals surface area (Å²) in [4.78, 5) is 49.2. The van der Waals surface area contributed by atoms with Crippen molar-refractivity contribution in [3.63, 3.8) is 0 Å². The van der Waals surface area contributed by atoms with Gasteiger partial charge in [0.05, 0.1) is 29.7 Å². The van der Waals surface area contributed by atoms with Gasteiger partial charge < -0.3 is 25.0 Å². The molecule has 196 valence electrons. The smallest absolute Gasteiger partial charge is 0.307 e. The SMILES string of the molecule is CCN1c2ncc(CCOc3ccc(NC(=O)C4CC4C(=O)O)cc3C)cc2C(=O)N(C)c2cccnc21. The third-order valence-corrected chi connectivity index (χ3v) is 6.95. The first kappa shape index (κ1) is 25.2. The van der Waals surface area contributed by atoms with E-state index in [1.165, 1.54) is 0 Å². The number of anilines is 4. The standard InChI is InChI=1S/C28H29N5O5/c1-4-33-24-21(27(35)32(3)22-6-5-10-29-25(22)33)13-17(15-30-24)9-11-38-23-8-7-18(12-16(23)2)31-26(34)19-14-20(19)28(36)37/h5-8,10,12-13,15,19-20H,4,9,11,14H2,1-3H3,(H,31,34)(H,36,37). The lowest BCUT2D eigenvalue weighted by Crippen LogP contribution is -2.25. The first-order valence-electron chi connectivity index (χ1n) is 12.5. The number of benzene rings is 1. The summed E-state index contributed by atoms with van der Waals surface area (Å²) in [5.41, 5.74) is 3.57. The highest BCUT2D eigenvalue weighted by molar-refractivity contribution is 6.12. The quantitative estimate of drug-likeness (QED) is 0.464. The van der Waals surface area contributed by atoms with E-state index in [0.29, 0.717) is 54.6 Å². The van der Waals surface area contributed by atoms with Crippen molar-refractivity contribution >= 4 is 40.8 Å². The molecule has 2 N–H and O–H groups in total. The number of carboxylic acids is 1. The Bertz CT molecular complexity index is 1420. The minimum atomic E-state index is -0.934. The molecule has 2 amide bonds. The minimum absolute atomic E-state index is 0.144. The van der Waals surface area contributed by atoms with Crippen molar-refractivity contribution in [1.82, 2.24) is 9.97 Å². The number of hydrogen-bond donors (Lipinski definition) is 2. The van der Waals surface area contributed by atoms with Crippen LogP contribution in [0.15, 0.2) is 48.8 Å². The van der Waals surface area contributed by atoms with Crippen LogP contribution in [0.3, 0.4) is 0 Å². The Labute approximate surface area is 220 Å². The van der Waals surface area contributed by atoms with Gasteiger partial charge in [0.25, 0.3) is 5.91 Å². The average Bonchev–Trinajstić information content (AvgIpc) is 3.72. The monoisotopic (exact) mass is 515 g/mol. The van der Waals surface area contributed by atoms with E-state index < -0.39 is 17.8 Å². The Morgan fingerprint density at radius 3 is 2.68 bits per heavy atom. The molecular formula is C28H29N5O5. The number of amides is 2. The van der Waals surface area contributed by atoms with Gasteiger partial charge in [-0.3, -0.25) is 14.4 Å². The molecular weight excluding hydrogens is 486 g/mol. The highest BCUT2D eigenvalue weighted by Gasteiger charge is 2.48. The molecule has 10 heteroatoms. The number of aryl methyl sites for hydroxylation is 1. The van der Waals surface area contributed by atoms with E-state index >= 15 is 0 Å². The van der Waals surface area contributed by atoms with Crippen molar-refractivity contribution in [3.8, 4) is 5.75 Å². The molecule has 5 rings (SSSR count). The molecule has 0 saturated heterocycles. The molecule has 2 atom stereocenters. The summed E-state index contributed by atoms with van der Waals surface area (Å²) < 4.78 is 5.98. The summed E-state index contributed by atoms with van der Waals surface area (Å²) in [6.07, 6.45) is 4.40. The molecule has 10 nitrogen and oxygen atoms in total. The largest absolute Gasteiger partial charge is 0.493 e. The number of carbonyl (C=O) groups is 3. The Morgan fingerprint density at radius 2 is 1.97 bits per heavy atom. The van der Waals surface area contributed by atoms with Gasteiger partial charge in [0.2, 0.25) is 5.91 Å². The number of carboxylic acid groups (broad SMARTS) is 1. The highest BCUT2D eigenvalue weighted by atomic mass is 16.5. The van der Waals surface area contributed by atoms with Crippen LogP contribution in [0.4, 0.5) is 23.0 Å². The third-order valence-electron chi connectivity index (χ3n) is 6.95. The summed E-state index contributed by atoms with van der Waals surface area (Å²) in [6.45, 7) is 4.87. The third kappa shape index (κ3) is 4.77. The van der Waals surface area contributed by atoms with Crippen LogP contribution in [0, 0.1) is 18.8 Å². The maximum absolute atomic E-state index is 13.3. The number of fused-ring (bicyclic) bond motifs is 2. The number of rotatable bonds is 8. The molecule has 0 spiro atoms. The molecule has 1 aliphatic heterocycles. The van der Waals surface area contributed by atoms with Gasteiger partial charge in [-0.15, -0.1) is 0 Å². The van der Waals surface area contributed by atoms with Crippen LogP contribution in [-0.2, 0) is 16.0 Å². The number of aromatic nitrogens is 2. The van der Waals surface area contributed by atoms with Crippen molar-refractivity contribution in [2.45, 2.75) is 26.7 Å². The fourth-order valence-corrected chi connectivity index (χ4v) is 4.72. The predicted molar refractivity (Wildman–Crippen MR) is 142 cm³/mol. The highest BCUT2D eigenvalue weighted by Crippen LogP contribution is 2.40. The lowest BCUT2D eigenvalue weighted by atomic mass is 10.1. The summed E-state index contributed by atoms with van der Waals surface area (Å²) in [5.74, 6) is -0.459. The van der Waals surface area contributed by atoms with Crippen LogP contribution in [0.2, 0.25) is 0 Å². The molecule has 2 aliphatic rings. The number of hydrogen-bond acceptors (Lipinski definition) is 7. The molecule has 0 bridgehead atoms. The second-order valence-corrected chi connectivity index (χ2v) is 9.52. The second kappa shape index (κ2) is 10.1. The van der Waals surface area contributed by atoms with Gasteiger partial charge in [0.15, 0.2) is 5.82 Å². The fourth-order valence-electron chi connectivity index (χ4n) is 4.72. The van der Waals surface area contributed by atoms with E-state index in [4.69, 9.17) is 9.84 Å². The number of ether oxygens (including phenoxy) is 1. The molecule has 3 heterocycles. The first-order chi connectivity index (χ1) is 18.3. The molecule has 1 aromatic carbocycles. The Morgan fingerprint density at radius 1 is 1.16 bits per heavy atom. The Balaban J connectivity index is 1.24. The van der Waals surface area contributed by atoms with Crippen molar-refractivity contribution in [2.24, 2.45) is 11.8 Å². The second-order valence-electron chi connectivity index (χ2n) is 9.52. The molecule has 1 saturated carbocycles. The summed E-state index contributed by atoms with van der Waals surface area (Å²) in [5, 5.41) is 11.8. The molecule has 1 aliphatic carbocycles. The van der Waals surface area contributed by atoms with E-state index in [1.807, 2.05) is 36.9 Å². The molecule has 2 unspecified atom stereocenters. The van der Waals surface area contributed by atoms with Crippen LogP contribution in [0.1, 0.15) is 34.8 Å². The van der Waals surface area contributed by atoms with Crippen molar-refractivity contribution < 1.29 is 24.2 Å². The first-order valence-corrected chi connectivity index (χ1v) is 12.5. The lowest BCUT2D eigenvalue weighted by Gasteiger charge is -2.22. The van der Waals surface area contributed by atoms with Gasteiger partial charge >= 0.3 is 5.97 Å². The maximum Gasteiger partial charge on any atom is 0.307 e. The van der Waals surface area contributed by atoms with Gasteiger partial charge in [-0.25, -0.2) is 9.97 Å². The fraction of sp³-hybridized carbons (Fsp3) is 0.321.